The van der Waals surface area contributed by atoms with Gasteiger partial charge in [0.15, 0.2) is 0 Å². The van der Waals surface area contributed by atoms with Gasteiger partial charge in [-0.3, -0.25) is 5.84 Å². The molecule has 0 spiro atoms. The van der Waals surface area contributed by atoms with E-state index in [2.05, 4.69) is 5.43 Å². The van der Waals surface area contributed by atoms with E-state index in [1.54, 1.807) is 12.3 Å². The zero-order valence-electron chi connectivity index (χ0n) is 9.91. The maximum absolute atomic E-state index is 6.15. The Morgan fingerprint density at radius 2 is 2.11 bits per heavy atom. The number of furan rings is 1. The van der Waals surface area contributed by atoms with Crippen molar-refractivity contribution >= 4 is 23.2 Å². The van der Waals surface area contributed by atoms with Gasteiger partial charge in [0.05, 0.1) is 12.3 Å². The molecule has 5 heteroatoms. The Morgan fingerprint density at radius 1 is 1.33 bits per heavy atom. The summed E-state index contributed by atoms with van der Waals surface area (Å²) in [5.41, 5.74) is 4.78. The molecule has 0 saturated heterocycles. The Bertz CT molecular complexity index is 540. The van der Waals surface area contributed by atoms with Crippen LogP contribution in [-0.4, -0.2) is 0 Å². The van der Waals surface area contributed by atoms with Gasteiger partial charge in [-0.15, -0.1) is 0 Å². The molecule has 1 heterocycles. The molecular weight excluding hydrogens is 271 g/mol. The minimum Gasteiger partial charge on any atom is -0.467 e. The molecule has 0 aliphatic rings. The van der Waals surface area contributed by atoms with Crippen LogP contribution in [0.1, 0.15) is 22.9 Å². The van der Waals surface area contributed by atoms with E-state index in [0.717, 1.165) is 16.9 Å². The van der Waals surface area contributed by atoms with E-state index >= 15 is 0 Å². The second-order valence-electron chi connectivity index (χ2n) is 4.13. The van der Waals surface area contributed by atoms with E-state index < -0.39 is 0 Å². The third kappa shape index (κ3) is 2.87. The molecular formula is C13H14Cl2N2O. The fourth-order valence-corrected chi connectivity index (χ4v) is 2.36. The Morgan fingerprint density at radius 3 is 2.67 bits per heavy atom. The van der Waals surface area contributed by atoms with Crippen molar-refractivity contribution in [1.29, 1.82) is 0 Å². The Kier molecular flexibility index (Phi) is 4.30. The summed E-state index contributed by atoms with van der Waals surface area (Å²) in [5.74, 6) is 6.40. The van der Waals surface area contributed by atoms with Gasteiger partial charge in [0.25, 0.3) is 0 Å². The Hall–Kier alpha value is -1.00. The first-order valence-corrected chi connectivity index (χ1v) is 6.31. The minimum absolute atomic E-state index is 0.112. The molecule has 0 radical (unpaired) electrons. The van der Waals surface area contributed by atoms with E-state index in [0.29, 0.717) is 16.5 Å². The Balaban J connectivity index is 2.23. The lowest BCUT2D eigenvalue weighted by Crippen LogP contribution is -2.29. The first-order valence-electron chi connectivity index (χ1n) is 5.56. The van der Waals surface area contributed by atoms with Crippen LogP contribution in [0.15, 0.2) is 34.9 Å². The maximum Gasteiger partial charge on any atom is 0.125 e. The minimum atomic E-state index is -0.112. The third-order valence-corrected chi connectivity index (χ3v) is 3.45. The average molecular weight is 285 g/mol. The molecule has 1 aromatic carbocycles. The van der Waals surface area contributed by atoms with Crippen LogP contribution >= 0.6 is 23.2 Å². The van der Waals surface area contributed by atoms with E-state index in [9.17, 15) is 0 Å². The third-order valence-electron chi connectivity index (χ3n) is 2.86. The first-order chi connectivity index (χ1) is 8.61. The van der Waals surface area contributed by atoms with Gasteiger partial charge in [-0.25, -0.2) is 5.43 Å². The highest BCUT2D eigenvalue weighted by molar-refractivity contribution is 6.35. The van der Waals surface area contributed by atoms with Crippen LogP contribution in [0.4, 0.5) is 0 Å². The standard InChI is InChI=1S/C13H14Cl2N2O/c1-8-4-5-18-13(8)12(17-16)6-9-2-3-10(14)7-11(9)15/h2-5,7,12,17H,6,16H2,1H3. The Labute approximate surface area is 116 Å². The topological polar surface area (TPSA) is 51.2 Å². The van der Waals surface area contributed by atoms with Gasteiger partial charge >= 0.3 is 0 Å². The number of benzene rings is 1. The van der Waals surface area contributed by atoms with Crippen LogP contribution in [0.2, 0.25) is 10.0 Å². The highest BCUT2D eigenvalue weighted by Gasteiger charge is 2.17. The predicted octanol–water partition coefficient (Wildman–Crippen LogP) is 3.64. The lowest BCUT2D eigenvalue weighted by Gasteiger charge is -2.15. The lowest BCUT2D eigenvalue weighted by molar-refractivity contribution is 0.413. The average Bonchev–Trinajstić information content (AvgIpc) is 2.75. The van der Waals surface area contributed by atoms with Crippen LogP contribution in [0, 0.1) is 6.92 Å². The maximum atomic E-state index is 6.15. The van der Waals surface area contributed by atoms with Crippen molar-refractivity contribution in [1.82, 2.24) is 5.43 Å². The zero-order valence-corrected chi connectivity index (χ0v) is 11.4. The summed E-state index contributed by atoms with van der Waals surface area (Å²) in [7, 11) is 0. The number of nitrogens with two attached hydrogens (primary N) is 1. The van der Waals surface area contributed by atoms with Gasteiger partial charge in [0.2, 0.25) is 0 Å². The highest BCUT2D eigenvalue weighted by Crippen LogP contribution is 2.27. The van der Waals surface area contributed by atoms with E-state index in [4.69, 9.17) is 33.5 Å². The number of rotatable bonds is 4. The zero-order chi connectivity index (χ0) is 13.1. The molecule has 1 atom stereocenters. The van der Waals surface area contributed by atoms with Crippen LogP contribution in [0.3, 0.4) is 0 Å². The number of halogens is 2. The van der Waals surface area contributed by atoms with E-state index in [-0.39, 0.29) is 6.04 Å². The summed E-state index contributed by atoms with van der Waals surface area (Å²) in [4.78, 5) is 0. The van der Waals surface area contributed by atoms with E-state index in [1.807, 2.05) is 25.1 Å². The summed E-state index contributed by atoms with van der Waals surface area (Å²) in [6.07, 6.45) is 2.29. The van der Waals surface area contributed by atoms with Crippen molar-refractivity contribution in [2.45, 2.75) is 19.4 Å². The van der Waals surface area contributed by atoms with Crippen LogP contribution in [-0.2, 0) is 6.42 Å². The van der Waals surface area contributed by atoms with Gasteiger partial charge in [-0.2, -0.15) is 0 Å². The van der Waals surface area contributed by atoms with Crippen molar-refractivity contribution in [3.63, 3.8) is 0 Å². The van der Waals surface area contributed by atoms with Gasteiger partial charge in [0.1, 0.15) is 5.76 Å². The fraction of sp³-hybridized carbons (Fsp3) is 0.231. The molecule has 0 aliphatic heterocycles. The van der Waals surface area contributed by atoms with Gasteiger partial charge in [-0.05, 0) is 42.7 Å². The molecule has 2 aromatic rings. The monoisotopic (exact) mass is 284 g/mol. The molecule has 2 rings (SSSR count). The molecule has 0 saturated carbocycles. The van der Waals surface area contributed by atoms with Crippen molar-refractivity contribution < 1.29 is 4.42 Å². The van der Waals surface area contributed by atoms with E-state index in [1.165, 1.54) is 0 Å². The lowest BCUT2D eigenvalue weighted by atomic mass is 10.0. The molecule has 3 nitrogen and oxygen atoms in total. The number of hydrazine groups is 1. The van der Waals surface area contributed by atoms with Crippen molar-refractivity contribution in [3.05, 3.63) is 57.5 Å². The number of aryl methyl sites for hydroxylation is 1. The predicted molar refractivity (Wildman–Crippen MR) is 73.7 cm³/mol. The van der Waals surface area contributed by atoms with Gasteiger partial charge in [0, 0.05) is 10.0 Å². The van der Waals surface area contributed by atoms with Gasteiger partial charge in [-0.1, -0.05) is 29.3 Å². The number of nitrogens with one attached hydrogen (secondary N) is 1. The number of hydrogen-bond donors (Lipinski definition) is 2. The highest BCUT2D eigenvalue weighted by atomic mass is 35.5. The first kappa shape index (κ1) is 13.4. The summed E-state index contributed by atoms with van der Waals surface area (Å²) in [6.45, 7) is 1.98. The fourth-order valence-electron chi connectivity index (χ4n) is 1.88. The summed E-state index contributed by atoms with van der Waals surface area (Å²) in [6, 6.07) is 7.22. The number of hydrogen-bond acceptors (Lipinski definition) is 3. The quantitative estimate of drug-likeness (QED) is 0.666. The van der Waals surface area contributed by atoms with Crippen LogP contribution in [0.25, 0.3) is 0 Å². The molecule has 0 bridgehead atoms. The molecule has 1 unspecified atom stereocenters. The molecule has 0 amide bonds. The summed E-state index contributed by atoms with van der Waals surface area (Å²) < 4.78 is 5.44. The normalized spacial score (nSPS) is 12.7. The molecule has 18 heavy (non-hydrogen) atoms. The van der Waals surface area contributed by atoms with Gasteiger partial charge < -0.3 is 4.42 Å². The molecule has 3 N–H and O–H groups in total. The molecule has 0 fully saturated rings. The molecule has 96 valence electrons. The molecule has 1 aromatic heterocycles. The summed E-state index contributed by atoms with van der Waals surface area (Å²) in [5, 5.41) is 1.25. The second kappa shape index (κ2) is 5.76. The van der Waals surface area contributed by atoms with Crippen molar-refractivity contribution in [2.24, 2.45) is 5.84 Å². The van der Waals surface area contributed by atoms with Crippen LogP contribution < -0.4 is 11.3 Å². The molecule has 0 aliphatic carbocycles. The largest absolute Gasteiger partial charge is 0.467 e. The van der Waals surface area contributed by atoms with Crippen LogP contribution in [0.5, 0.6) is 0 Å². The smallest absolute Gasteiger partial charge is 0.125 e. The van der Waals surface area contributed by atoms with Crippen molar-refractivity contribution in [2.75, 3.05) is 0 Å². The van der Waals surface area contributed by atoms with Crippen molar-refractivity contribution in [3.8, 4) is 0 Å². The second-order valence-corrected chi connectivity index (χ2v) is 4.97. The summed E-state index contributed by atoms with van der Waals surface area (Å²) >= 11 is 12.0. The SMILES string of the molecule is Cc1ccoc1C(Cc1ccc(Cl)cc1Cl)NN.